The second-order valence-electron chi connectivity index (χ2n) is 6.14. The van der Waals surface area contributed by atoms with Gasteiger partial charge in [0, 0.05) is 25.1 Å². The van der Waals surface area contributed by atoms with Crippen molar-refractivity contribution >= 4 is 0 Å². The van der Waals surface area contributed by atoms with E-state index in [1.165, 1.54) is 0 Å². The lowest BCUT2D eigenvalue weighted by Gasteiger charge is -2.19. The fraction of sp³-hybridized carbons (Fsp3) is 0.625. The molecule has 20 heavy (non-hydrogen) atoms. The first-order valence-electron chi connectivity index (χ1n) is 7.33. The van der Waals surface area contributed by atoms with Crippen molar-refractivity contribution in [2.24, 2.45) is 0 Å². The molecule has 1 saturated carbocycles. The van der Waals surface area contributed by atoms with E-state index in [-0.39, 0.29) is 6.10 Å². The summed E-state index contributed by atoms with van der Waals surface area (Å²) in [7, 11) is 3.78. The van der Waals surface area contributed by atoms with E-state index in [1.807, 2.05) is 18.2 Å². The van der Waals surface area contributed by atoms with E-state index < -0.39 is 5.60 Å². The number of nitrogens with zero attached hydrogens (tertiary/aromatic N) is 1. The minimum Gasteiger partial charge on any atom is -0.493 e. The van der Waals surface area contributed by atoms with E-state index in [0.29, 0.717) is 6.42 Å². The monoisotopic (exact) mass is 277 g/mol. The standard InChI is InChI=1S/C16H23NO3/c1-17-9-6-13(11-17)20-14-5-3-4-12(15(14)19-2)10-16(18)7-8-16/h3-5,13,18H,6-11H2,1-2H3. The molecule has 3 rings (SSSR count). The number of aliphatic hydroxyl groups is 1. The van der Waals surface area contributed by atoms with Gasteiger partial charge in [-0.25, -0.2) is 0 Å². The number of benzene rings is 1. The van der Waals surface area contributed by atoms with Crippen LogP contribution in [-0.2, 0) is 6.42 Å². The molecule has 1 aromatic carbocycles. The average Bonchev–Trinajstić information content (AvgIpc) is 2.99. The van der Waals surface area contributed by atoms with Gasteiger partial charge in [0.1, 0.15) is 6.10 Å². The zero-order valence-corrected chi connectivity index (χ0v) is 12.3. The molecule has 1 aliphatic carbocycles. The quantitative estimate of drug-likeness (QED) is 0.892. The Morgan fingerprint density at radius 1 is 1.40 bits per heavy atom. The molecule has 1 heterocycles. The predicted molar refractivity (Wildman–Crippen MR) is 77.4 cm³/mol. The molecule has 0 aromatic heterocycles. The number of ether oxygens (including phenoxy) is 2. The van der Waals surface area contributed by atoms with E-state index in [1.54, 1.807) is 7.11 Å². The fourth-order valence-corrected chi connectivity index (χ4v) is 2.87. The van der Waals surface area contributed by atoms with Crippen molar-refractivity contribution in [2.45, 2.75) is 37.4 Å². The number of hydrogen-bond donors (Lipinski definition) is 1. The molecule has 0 spiro atoms. The molecule has 0 bridgehead atoms. The van der Waals surface area contributed by atoms with Gasteiger partial charge in [-0.1, -0.05) is 12.1 Å². The maximum Gasteiger partial charge on any atom is 0.164 e. The smallest absolute Gasteiger partial charge is 0.164 e. The Morgan fingerprint density at radius 2 is 2.20 bits per heavy atom. The van der Waals surface area contributed by atoms with Crippen LogP contribution >= 0.6 is 0 Å². The van der Waals surface area contributed by atoms with Crippen LogP contribution in [0.5, 0.6) is 11.5 Å². The van der Waals surface area contributed by atoms with Crippen LogP contribution in [-0.4, -0.2) is 49.0 Å². The Balaban J connectivity index is 1.77. The highest BCUT2D eigenvalue weighted by Gasteiger charge is 2.41. The first-order valence-corrected chi connectivity index (χ1v) is 7.33. The van der Waals surface area contributed by atoms with Gasteiger partial charge in [-0.3, -0.25) is 0 Å². The van der Waals surface area contributed by atoms with Crippen molar-refractivity contribution in [3.63, 3.8) is 0 Å². The van der Waals surface area contributed by atoms with E-state index in [4.69, 9.17) is 9.47 Å². The number of likely N-dealkylation sites (N-methyl/N-ethyl adjacent to an activating group) is 1. The Kier molecular flexibility index (Phi) is 3.61. The lowest BCUT2D eigenvalue weighted by molar-refractivity contribution is 0.149. The van der Waals surface area contributed by atoms with E-state index >= 15 is 0 Å². The summed E-state index contributed by atoms with van der Waals surface area (Å²) in [6, 6.07) is 5.96. The third-order valence-corrected chi connectivity index (χ3v) is 4.25. The summed E-state index contributed by atoms with van der Waals surface area (Å²) in [5, 5.41) is 10.1. The molecule has 2 fully saturated rings. The summed E-state index contributed by atoms with van der Waals surface area (Å²) in [5.41, 5.74) is 0.524. The van der Waals surface area contributed by atoms with Crippen LogP contribution in [0.15, 0.2) is 18.2 Å². The highest BCUT2D eigenvalue weighted by Crippen LogP contribution is 2.42. The fourth-order valence-electron chi connectivity index (χ4n) is 2.87. The molecule has 1 aliphatic heterocycles. The summed E-state index contributed by atoms with van der Waals surface area (Å²) in [6.45, 7) is 2.03. The Labute approximate surface area is 120 Å². The average molecular weight is 277 g/mol. The van der Waals surface area contributed by atoms with Crippen molar-refractivity contribution in [1.82, 2.24) is 4.90 Å². The van der Waals surface area contributed by atoms with Gasteiger partial charge in [0.25, 0.3) is 0 Å². The van der Waals surface area contributed by atoms with E-state index in [2.05, 4.69) is 11.9 Å². The number of methoxy groups -OCH3 is 1. The molecule has 1 unspecified atom stereocenters. The maximum absolute atomic E-state index is 10.1. The van der Waals surface area contributed by atoms with Crippen molar-refractivity contribution in [1.29, 1.82) is 0 Å². The van der Waals surface area contributed by atoms with Gasteiger partial charge in [0.15, 0.2) is 11.5 Å². The van der Waals surface area contributed by atoms with Crippen LogP contribution in [0.2, 0.25) is 0 Å². The Morgan fingerprint density at radius 3 is 2.80 bits per heavy atom. The predicted octanol–water partition coefficient (Wildman–Crippen LogP) is 1.85. The maximum atomic E-state index is 10.1. The molecule has 2 aliphatic rings. The number of hydrogen-bond acceptors (Lipinski definition) is 4. The zero-order valence-electron chi connectivity index (χ0n) is 12.3. The van der Waals surface area contributed by atoms with Crippen LogP contribution in [0.3, 0.4) is 0 Å². The van der Waals surface area contributed by atoms with E-state index in [9.17, 15) is 5.11 Å². The van der Waals surface area contributed by atoms with Crippen LogP contribution in [0, 0.1) is 0 Å². The molecule has 1 saturated heterocycles. The summed E-state index contributed by atoms with van der Waals surface area (Å²) in [5.74, 6) is 1.58. The van der Waals surface area contributed by atoms with Crippen LogP contribution in [0.25, 0.3) is 0 Å². The molecule has 1 atom stereocenters. The SMILES string of the molecule is COc1c(CC2(O)CC2)cccc1OC1CCN(C)C1. The minimum absolute atomic E-state index is 0.230. The lowest BCUT2D eigenvalue weighted by atomic mass is 10.0. The van der Waals surface area contributed by atoms with Crippen molar-refractivity contribution in [3.05, 3.63) is 23.8 Å². The van der Waals surface area contributed by atoms with Gasteiger partial charge < -0.3 is 19.5 Å². The van der Waals surface area contributed by atoms with Crippen LogP contribution < -0.4 is 9.47 Å². The molecule has 0 radical (unpaired) electrons. The number of rotatable bonds is 5. The molecule has 1 aromatic rings. The molecular formula is C16H23NO3. The van der Waals surface area contributed by atoms with Gasteiger partial charge in [-0.05, 0) is 32.4 Å². The first kappa shape index (κ1) is 13.7. The van der Waals surface area contributed by atoms with Crippen molar-refractivity contribution in [3.8, 4) is 11.5 Å². The molecule has 4 nitrogen and oxygen atoms in total. The normalized spacial score (nSPS) is 24.6. The van der Waals surface area contributed by atoms with Gasteiger partial charge in [-0.2, -0.15) is 0 Å². The molecule has 4 heteroatoms. The Hall–Kier alpha value is -1.26. The highest BCUT2D eigenvalue weighted by atomic mass is 16.5. The summed E-state index contributed by atoms with van der Waals surface area (Å²) in [6.07, 6.45) is 3.70. The van der Waals surface area contributed by atoms with Crippen molar-refractivity contribution < 1.29 is 14.6 Å². The molecule has 1 N–H and O–H groups in total. The first-order chi connectivity index (χ1) is 9.59. The number of likely N-dealkylation sites (tertiary alicyclic amines) is 1. The summed E-state index contributed by atoms with van der Waals surface area (Å²) in [4.78, 5) is 2.27. The molecule has 0 amide bonds. The van der Waals surface area contributed by atoms with Crippen LogP contribution in [0.4, 0.5) is 0 Å². The minimum atomic E-state index is -0.514. The van der Waals surface area contributed by atoms with Gasteiger partial charge in [-0.15, -0.1) is 0 Å². The van der Waals surface area contributed by atoms with Crippen LogP contribution in [0.1, 0.15) is 24.8 Å². The second kappa shape index (κ2) is 5.26. The van der Waals surface area contributed by atoms with Gasteiger partial charge in [0.2, 0.25) is 0 Å². The second-order valence-corrected chi connectivity index (χ2v) is 6.14. The highest BCUT2D eigenvalue weighted by molar-refractivity contribution is 5.47. The number of para-hydroxylation sites is 1. The third-order valence-electron chi connectivity index (χ3n) is 4.25. The Bertz CT molecular complexity index is 485. The van der Waals surface area contributed by atoms with Gasteiger partial charge >= 0.3 is 0 Å². The lowest BCUT2D eigenvalue weighted by Crippen LogP contribution is -2.22. The van der Waals surface area contributed by atoms with Crippen molar-refractivity contribution in [2.75, 3.05) is 27.2 Å². The molecular weight excluding hydrogens is 254 g/mol. The van der Waals surface area contributed by atoms with Gasteiger partial charge in [0.05, 0.1) is 12.7 Å². The third kappa shape index (κ3) is 2.91. The topological polar surface area (TPSA) is 41.9 Å². The van der Waals surface area contributed by atoms with E-state index in [0.717, 1.165) is 49.4 Å². The summed E-state index contributed by atoms with van der Waals surface area (Å²) < 4.78 is 11.6. The molecule has 110 valence electrons. The zero-order chi connectivity index (χ0) is 14.2. The summed E-state index contributed by atoms with van der Waals surface area (Å²) >= 11 is 0. The largest absolute Gasteiger partial charge is 0.493 e.